The van der Waals surface area contributed by atoms with E-state index in [1.54, 1.807) is 48.2 Å². The normalized spacial score (nSPS) is 13.7. The molecule has 0 spiro atoms. The molecule has 1 fully saturated rings. The zero-order valence-corrected chi connectivity index (χ0v) is 22.3. The summed E-state index contributed by atoms with van der Waals surface area (Å²) in [5.41, 5.74) is 2.92. The van der Waals surface area contributed by atoms with E-state index in [-0.39, 0.29) is 12.3 Å². The van der Waals surface area contributed by atoms with Crippen LogP contribution in [0.1, 0.15) is 42.3 Å². The fourth-order valence-electron chi connectivity index (χ4n) is 4.29. The van der Waals surface area contributed by atoms with Crippen molar-refractivity contribution in [2.75, 3.05) is 11.1 Å². The Morgan fingerprint density at radius 2 is 1.78 bits per heavy atom. The molecule has 0 unspecified atom stereocenters. The molecule has 1 aliphatic rings. The van der Waals surface area contributed by atoms with E-state index in [4.69, 9.17) is 33.0 Å². The maximum atomic E-state index is 12.7. The zero-order chi connectivity index (χ0) is 26.0. The van der Waals surface area contributed by atoms with Gasteiger partial charge in [0.15, 0.2) is 0 Å². The van der Waals surface area contributed by atoms with Crippen molar-refractivity contribution in [1.29, 1.82) is 5.26 Å². The number of nitrogens with zero attached hydrogens (tertiary/aromatic N) is 3. The van der Waals surface area contributed by atoms with Crippen LogP contribution in [-0.4, -0.2) is 21.8 Å². The Hall–Kier alpha value is -3.31. The van der Waals surface area contributed by atoms with Gasteiger partial charge in [-0.1, -0.05) is 47.4 Å². The molecule has 0 aliphatic heterocycles. The fourth-order valence-corrected chi connectivity index (χ4v) is 5.80. The van der Waals surface area contributed by atoms with Crippen molar-refractivity contribution >= 4 is 46.6 Å². The summed E-state index contributed by atoms with van der Waals surface area (Å²) in [7, 11) is 0. The van der Waals surface area contributed by atoms with Gasteiger partial charge in [-0.05, 0) is 72.7 Å². The number of hydrogen-bond donors (Lipinski definition) is 1. The number of amides is 1. The molecular weight excluding hydrogens is 527 g/mol. The first-order chi connectivity index (χ1) is 17.9. The van der Waals surface area contributed by atoms with Gasteiger partial charge >= 0.3 is 0 Å². The summed E-state index contributed by atoms with van der Waals surface area (Å²) >= 11 is 15.2. The second-order valence-corrected chi connectivity index (χ2v) is 11.0. The maximum absolute atomic E-state index is 12.7. The molecule has 9 heteroatoms. The summed E-state index contributed by atoms with van der Waals surface area (Å²) in [6.45, 7) is 2.11. The van der Waals surface area contributed by atoms with Crippen molar-refractivity contribution in [1.82, 2.24) is 10.1 Å². The average Bonchev–Trinajstić information content (AvgIpc) is 3.51. The van der Waals surface area contributed by atoms with Crippen LogP contribution in [-0.2, 0) is 16.6 Å². The van der Waals surface area contributed by atoms with Gasteiger partial charge in [-0.3, -0.25) is 4.79 Å². The van der Waals surface area contributed by atoms with E-state index in [9.17, 15) is 4.79 Å². The van der Waals surface area contributed by atoms with Gasteiger partial charge in [0.25, 0.3) is 0 Å². The number of aromatic nitrogens is 2. The van der Waals surface area contributed by atoms with Gasteiger partial charge in [-0.2, -0.15) is 10.2 Å². The van der Waals surface area contributed by atoms with Gasteiger partial charge in [-0.15, -0.1) is 11.8 Å². The molecule has 5 rings (SSSR count). The van der Waals surface area contributed by atoms with Gasteiger partial charge in [0.05, 0.1) is 23.5 Å². The van der Waals surface area contributed by atoms with Gasteiger partial charge in [0.1, 0.15) is 0 Å². The van der Waals surface area contributed by atoms with Crippen molar-refractivity contribution in [2.45, 2.75) is 36.5 Å². The number of carbonyl (C=O) groups excluding carboxylic acids is 1. The first-order valence-corrected chi connectivity index (χ1v) is 13.5. The summed E-state index contributed by atoms with van der Waals surface area (Å²) in [4.78, 5) is 18.5. The Labute approximate surface area is 229 Å². The molecule has 0 radical (unpaired) electrons. The smallest absolute Gasteiger partial charge is 0.237 e. The third-order valence-electron chi connectivity index (χ3n) is 6.26. The van der Waals surface area contributed by atoms with Gasteiger partial charge in [0, 0.05) is 31.8 Å². The minimum Gasteiger partial charge on any atom is -0.338 e. The molecule has 37 heavy (non-hydrogen) atoms. The highest BCUT2D eigenvalue weighted by atomic mass is 35.5. The standard InChI is InChI=1S/C28H22Cl2N4O2S/c1-2-37-21-9-5-17(6-10-21)13-24(35)32-20-14-22(29)25(23(30)15-20)28(11-12-28)27-33-26(34-36-27)19-7-3-18(16-31)4-8-19/h3-10,14-15H,2,11-13H2,1H3,(H,32,35). The largest absolute Gasteiger partial charge is 0.338 e. The first-order valence-electron chi connectivity index (χ1n) is 11.8. The van der Waals surface area contributed by atoms with E-state index in [1.807, 2.05) is 24.3 Å². The number of hydrogen-bond acceptors (Lipinski definition) is 6. The predicted molar refractivity (Wildman–Crippen MR) is 146 cm³/mol. The quantitative estimate of drug-likeness (QED) is 0.232. The number of anilines is 1. The van der Waals surface area contributed by atoms with Gasteiger partial charge in [0.2, 0.25) is 17.6 Å². The Kier molecular flexibility index (Phi) is 7.25. The van der Waals surface area contributed by atoms with Crippen LogP contribution in [0, 0.1) is 11.3 Å². The lowest BCUT2D eigenvalue weighted by Gasteiger charge is -2.17. The zero-order valence-electron chi connectivity index (χ0n) is 19.9. The highest BCUT2D eigenvalue weighted by Crippen LogP contribution is 2.57. The van der Waals surface area contributed by atoms with Crippen molar-refractivity contribution in [2.24, 2.45) is 0 Å². The van der Waals surface area contributed by atoms with E-state index in [1.165, 1.54) is 4.90 Å². The summed E-state index contributed by atoms with van der Waals surface area (Å²) in [5, 5.41) is 16.9. The molecule has 0 atom stereocenters. The number of carbonyl (C=O) groups is 1. The highest BCUT2D eigenvalue weighted by molar-refractivity contribution is 7.99. The number of halogens is 2. The fraction of sp³-hybridized carbons (Fsp3) is 0.214. The molecule has 4 aromatic rings. The van der Waals surface area contributed by atoms with E-state index >= 15 is 0 Å². The Balaban J connectivity index is 1.32. The number of nitriles is 1. The summed E-state index contributed by atoms with van der Waals surface area (Å²) in [6, 6.07) is 20.5. The molecule has 186 valence electrons. The van der Waals surface area contributed by atoms with Crippen molar-refractivity contribution < 1.29 is 9.32 Å². The lowest BCUT2D eigenvalue weighted by Crippen LogP contribution is -2.16. The lowest BCUT2D eigenvalue weighted by atomic mass is 9.95. The Bertz CT molecular complexity index is 1470. The van der Waals surface area contributed by atoms with Gasteiger partial charge in [-0.25, -0.2) is 0 Å². The SMILES string of the molecule is CCSc1ccc(CC(=O)Nc2cc(Cl)c(C3(c4nc(-c5ccc(C#N)cc5)no4)CC3)c(Cl)c2)cc1. The molecule has 1 saturated carbocycles. The van der Waals surface area contributed by atoms with Crippen molar-refractivity contribution in [3.63, 3.8) is 0 Å². The summed E-state index contributed by atoms with van der Waals surface area (Å²) in [5.74, 6) is 1.73. The monoisotopic (exact) mass is 548 g/mol. The molecular formula is C28H22Cl2N4O2S. The molecule has 1 N–H and O–H groups in total. The van der Waals surface area contributed by atoms with E-state index < -0.39 is 5.41 Å². The Morgan fingerprint density at radius 1 is 1.11 bits per heavy atom. The van der Waals surface area contributed by atoms with E-state index in [0.717, 1.165) is 29.7 Å². The highest BCUT2D eigenvalue weighted by Gasteiger charge is 2.53. The topological polar surface area (TPSA) is 91.8 Å². The van der Waals surface area contributed by atoms with Crippen molar-refractivity contribution in [3.8, 4) is 17.5 Å². The second-order valence-electron chi connectivity index (χ2n) is 8.81. The predicted octanol–water partition coefficient (Wildman–Crippen LogP) is 7.29. The van der Waals surface area contributed by atoms with Crippen molar-refractivity contribution in [3.05, 3.63) is 93.3 Å². The van der Waals surface area contributed by atoms with E-state index in [0.29, 0.717) is 38.6 Å². The second kappa shape index (κ2) is 10.6. The lowest BCUT2D eigenvalue weighted by molar-refractivity contribution is -0.115. The van der Waals surface area contributed by atoms with Crippen LogP contribution in [0.5, 0.6) is 0 Å². The maximum Gasteiger partial charge on any atom is 0.237 e. The number of rotatable bonds is 8. The molecule has 0 saturated heterocycles. The van der Waals surface area contributed by atoms with Crippen LogP contribution in [0.25, 0.3) is 11.4 Å². The van der Waals surface area contributed by atoms with Crippen LogP contribution in [0.15, 0.2) is 70.1 Å². The van der Waals surface area contributed by atoms with Crippen LogP contribution in [0.3, 0.4) is 0 Å². The van der Waals surface area contributed by atoms with E-state index in [2.05, 4.69) is 28.5 Å². The van der Waals surface area contributed by atoms with Gasteiger partial charge < -0.3 is 9.84 Å². The van der Waals surface area contributed by atoms with Crippen LogP contribution in [0.4, 0.5) is 5.69 Å². The molecule has 1 aromatic heterocycles. The number of nitrogens with one attached hydrogen (secondary N) is 1. The molecule has 1 aliphatic carbocycles. The molecule has 0 bridgehead atoms. The molecule has 1 amide bonds. The summed E-state index contributed by atoms with van der Waals surface area (Å²) < 4.78 is 5.64. The van der Waals surface area contributed by atoms with Crippen LogP contribution >= 0.6 is 35.0 Å². The Morgan fingerprint density at radius 3 is 2.38 bits per heavy atom. The van der Waals surface area contributed by atoms with Crippen LogP contribution < -0.4 is 5.32 Å². The average molecular weight is 549 g/mol. The molecule has 3 aromatic carbocycles. The number of benzene rings is 3. The summed E-state index contributed by atoms with van der Waals surface area (Å²) in [6.07, 6.45) is 1.77. The minimum atomic E-state index is -0.563. The molecule has 1 heterocycles. The third kappa shape index (κ3) is 5.37. The van der Waals surface area contributed by atoms with Crippen LogP contribution in [0.2, 0.25) is 10.0 Å². The third-order valence-corrected chi connectivity index (χ3v) is 7.75. The molecule has 6 nitrogen and oxygen atoms in total. The first kappa shape index (κ1) is 25.3. The number of thioether (sulfide) groups is 1. The minimum absolute atomic E-state index is 0.152.